The van der Waals surface area contributed by atoms with Crippen LogP contribution in [0, 0.1) is 5.92 Å². The zero-order valence-electron chi connectivity index (χ0n) is 21.4. The van der Waals surface area contributed by atoms with Crippen molar-refractivity contribution in [3.63, 3.8) is 0 Å². The van der Waals surface area contributed by atoms with Crippen molar-refractivity contribution in [1.82, 2.24) is 10.2 Å². The fourth-order valence-corrected chi connectivity index (χ4v) is 6.12. The van der Waals surface area contributed by atoms with Crippen LogP contribution < -0.4 is 5.32 Å². The number of carbonyl (C=O) groups is 4. The SMILES string of the molecule is CCOS(=O)(=O)O[C@@H](C)[C@@H]1C(=O)N2C(C(=O)OCc3ccc(C(=O)OC)cc3)=C(SCCNC(C)=O)C[C@H]12. The summed E-state index contributed by atoms with van der Waals surface area (Å²) in [4.78, 5) is 50.9. The number of hydrogen-bond acceptors (Lipinski definition) is 11. The molecule has 2 heterocycles. The summed E-state index contributed by atoms with van der Waals surface area (Å²) < 4.78 is 43.7. The molecule has 1 aromatic rings. The molecule has 12 nitrogen and oxygen atoms in total. The van der Waals surface area contributed by atoms with Gasteiger partial charge in [0.1, 0.15) is 12.3 Å². The minimum Gasteiger partial charge on any atom is -0.465 e. The molecule has 2 amide bonds. The Kier molecular flexibility index (Phi) is 9.93. The highest BCUT2D eigenvalue weighted by atomic mass is 32.3. The summed E-state index contributed by atoms with van der Waals surface area (Å²) in [7, 11) is -3.00. The van der Waals surface area contributed by atoms with E-state index in [4.69, 9.17) is 8.92 Å². The molecule has 0 aromatic heterocycles. The number of benzene rings is 1. The van der Waals surface area contributed by atoms with Crippen molar-refractivity contribution in [2.24, 2.45) is 5.92 Å². The second-order valence-corrected chi connectivity index (χ2v) is 10.9. The summed E-state index contributed by atoms with van der Waals surface area (Å²) >= 11 is 1.31. The molecular formula is C24H30N2O10S2. The molecule has 2 aliphatic heterocycles. The zero-order chi connectivity index (χ0) is 28.0. The Morgan fingerprint density at radius 3 is 2.47 bits per heavy atom. The number of carbonyl (C=O) groups excluding carboxylic acids is 4. The van der Waals surface area contributed by atoms with E-state index in [9.17, 15) is 27.6 Å². The first-order valence-corrected chi connectivity index (χ1v) is 14.2. The predicted octanol–water partition coefficient (Wildman–Crippen LogP) is 1.51. The van der Waals surface area contributed by atoms with Crippen molar-refractivity contribution in [1.29, 1.82) is 0 Å². The fraction of sp³-hybridized carbons (Fsp3) is 0.500. The number of esters is 2. The first kappa shape index (κ1) is 29.6. The van der Waals surface area contributed by atoms with Gasteiger partial charge in [0.2, 0.25) is 11.8 Å². The van der Waals surface area contributed by atoms with Gasteiger partial charge in [0.15, 0.2) is 0 Å². The molecule has 1 N–H and O–H groups in total. The number of nitrogens with zero attached hydrogens (tertiary/aromatic N) is 1. The van der Waals surface area contributed by atoms with Crippen LogP contribution in [-0.4, -0.2) is 75.2 Å². The van der Waals surface area contributed by atoms with Gasteiger partial charge in [-0.3, -0.25) is 9.59 Å². The number of amides is 2. The number of ether oxygens (including phenoxy) is 2. The molecule has 1 fully saturated rings. The lowest BCUT2D eigenvalue weighted by Crippen LogP contribution is -2.62. The number of fused-ring (bicyclic) bond motifs is 1. The van der Waals surface area contributed by atoms with Gasteiger partial charge < -0.3 is 19.7 Å². The van der Waals surface area contributed by atoms with Crippen LogP contribution in [0.25, 0.3) is 0 Å². The van der Waals surface area contributed by atoms with Crippen LogP contribution in [0.3, 0.4) is 0 Å². The monoisotopic (exact) mass is 570 g/mol. The topological polar surface area (TPSA) is 155 Å². The summed E-state index contributed by atoms with van der Waals surface area (Å²) in [6.45, 7) is 4.50. The van der Waals surface area contributed by atoms with Gasteiger partial charge >= 0.3 is 22.3 Å². The Hall–Kier alpha value is -2.94. The van der Waals surface area contributed by atoms with Gasteiger partial charge in [-0.05, 0) is 31.5 Å². The quantitative estimate of drug-likeness (QED) is 0.208. The van der Waals surface area contributed by atoms with E-state index in [1.54, 1.807) is 24.3 Å². The summed E-state index contributed by atoms with van der Waals surface area (Å²) in [5.41, 5.74) is 1.06. The normalized spacial score (nSPS) is 19.5. The van der Waals surface area contributed by atoms with E-state index in [1.165, 1.54) is 44.5 Å². The van der Waals surface area contributed by atoms with E-state index >= 15 is 0 Å². The van der Waals surface area contributed by atoms with E-state index in [1.807, 2.05) is 0 Å². The molecule has 0 saturated carbocycles. The third-order valence-electron chi connectivity index (χ3n) is 5.90. The third kappa shape index (κ3) is 6.92. The third-order valence-corrected chi connectivity index (χ3v) is 8.08. The number of hydrogen-bond donors (Lipinski definition) is 1. The minimum absolute atomic E-state index is 0.0927. The number of thioether (sulfide) groups is 1. The van der Waals surface area contributed by atoms with Crippen molar-refractivity contribution in [3.05, 3.63) is 46.0 Å². The summed E-state index contributed by atoms with van der Waals surface area (Å²) in [6, 6.07) is 5.85. The highest BCUT2D eigenvalue weighted by Gasteiger charge is 2.58. The average molecular weight is 571 g/mol. The number of β-lactam (4-membered cyclic amide) rings is 1. The standard InChI is InChI=1S/C24H30N2O10S2/c1-5-35-38(31,32)36-14(2)20-18-12-19(37-11-10-25-15(3)27)21(26(18)22(20)28)24(30)34-13-16-6-8-17(9-7-16)23(29)33-4/h6-9,14,18,20H,5,10-13H2,1-4H3,(H,25,27)/t14-,18+,20-/m0/s1. The van der Waals surface area contributed by atoms with Crippen molar-refractivity contribution < 1.29 is 45.4 Å². The molecule has 14 heteroatoms. The molecule has 3 atom stereocenters. The van der Waals surface area contributed by atoms with Crippen LogP contribution >= 0.6 is 11.8 Å². The van der Waals surface area contributed by atoms with Gasteiger partial charge in [0, 0.05) is 30.5 Å². The molecule has 208 valence electrons. The molecule has 0 spiro atoms. The molecule has 3 rings (SSSR count). The second-order valence-electron chi connectivity index (χ2n) is 8.49. The number of rotatable bonds is 13. The molecular weight excluding hydrogens is 540 g/mol. The van der Waals surface area contributed by atoms with Crippen LogP contribution in [0.15, 0.2) is 34.9 Å². The summed E-state index contributed by atoms with van der Waals surface area (Å²) in [5.74, 6) is -2.20. The van der Waals surface area contributed by atoms with Gasteiger partial charge in [-0.15, -0.1) is 11.8 Å². The minimum atomic E-state index is -4.27. The van der Waals surface area contributed by atoms with Crippen LogP contribution in [0.1, 0.15) is 43.1 Å². The molecule has 1 saturated heterocycles. The summed E-state index contributed by atoms with van der Waals surface area (Å²) in [5, 5.41) is 2.68. The lowest BCUT2D eigenvalue weighted by Gasteiger charge is -2.45. The van der Waals surface area contributed by atoms with Crippen LogP contribution in [0.5, 0.6) is 0 Å². The van der Waals surface area contributed by atoms with Gasteiger partial charge in [0.25, 0.3) is 0 Å². The van der Waals surface area contributed by atoms with Crippen molar-refractivity contribution in [3.8, 4) is 0 Å². The Morgan fingerprint density at radius 1 is 1.18 bits per heavy atom. The molecule has 0 unspecified atom stereocenters. The number of nitrogens with one attached hydrogen (secondary N) is 1. The lowest BCUT2D eigenvalue weighted by molar-refractivity contribution is -0.161. The van der Waals surface area contributed by atoms with E-state index in [0.29, 0.717) is 34.8 Å². The Morgan fingerprint density at radius 2 is 1.87 bits per heavy atom. The molecule has 2 aliphatic rings. The first-order chi connectivity index (χ1) is 18.0. The Balaban J connectivity index is 1.73. The smallest absolute Gasteiger partial charge is 0.400 e. The van der Waals surface area contributed by atoms with E-state index < -0.39 is 46.3 Å². The largest absolute Gasteiger partial charge is 0.465 e. The Labute approximate surface area is 225 Å². The molecule has 0 bridgehead atoms. The lowest BCUT2D eigenvalue weighted by atomic mass is 9.83. The van der Waals surface area contributed by atoms with Crippen LogP contribution in [0.2, 0.25) is 0 Å². The van der Waals surface area contributed by atoms with Crippen LogP contribution in [0.4, 0.5) is 0 Å². The van der Waals surface area contributed by atoms with Crippen LogP contribution in [-0.2, 0) is 49.2 Å². The second kappa shape index (κ2) is 12.7. The molecule has 0 radical (unpaired) electrons. The Bertz CT molecular complexity index is 1210. The predicted molar refractivity (Wildman–Crippen MR) is 136 cm³/mol. The average Bonchev–Trinajstić information content (AvgIpc) is 3.18. The van der Waals surface area contributed by atoms with E-state index in [0.717, 1.165) is 0 Å². The van der Waals surface area contributed by atoms with Gasteiger partial charge in [-0.25, -0.2) is 18.0 Å². The molecule has 38 heavy (non-hydrogen) atoms. The summed E-state index contributed by atoms with van der Waals surface area (Å²) in [6.07, 6.45) is -0.698. The van der Waals surface area contributed by atoms with E-state index in [-0.39, 0.29) is 24.8 Å². The van der Waals surface area contributed by atoms with Gasteiger partial charge in [-0.2, -0.15) is 8.42 Å². The van der Waals surface area contributed by atoms with Crippen molar-refractivity contribution in [2.45, 2.75) is 45.9 Å². The maximum Gasteiger partial charge on any atom is 0.400 e. The highest BCUT2D eigenvalue weighted by molar-refractivity contribution is 8.03. The zero-order valence-corrected chi connectivity index (χ0v) is 23.1. The first-order valence-electron chi connectivity index (χ1n) is 11.8. The maximum atomic E-state index is 13.1. The van der Waals surface area contributed by atoms with Gasteiger partial charge in [-0.1, -0.05) is 12.1 Å². The van der Waals surface area contributed by atoms with E-state index in [2.05, 4.69) is 14.2 Å². The van der Waals surface area contributed by atoms with Crippen molar-refractivity contribution >= 4 is 45.9 Å². The fourth-order valence-electron chi connectivity index (χ4n) is 4.23. The number of methoxy groups -OCH3 is 1. The maximum absolute atomic E-state index is 13.1. The molecule has 0 aliphatic carbocycles. The molecule has 1 aromatic carbocycles. The van der Waals surface area contributed by atoms with Crippen molar-refractivity contribution in [2.75, 3.05) is 26.0 Å². The van der Waals surface area contributed by atoms with Gasteiger partial charge in [0.05, 0.1) is 37.3 Å². The highest BCUT2D eigenvalue weighted by Crippen LogP contribution is 2.48.